The van der Waals surface area contributed by atoms with Crippen molar-refractivity contribution < 1.29 is 18.0 Å². The maximum Gasteiger partial charge on any atom is 0.192 e. The van der Waals surface area contributed by atoms with Crippen molar-refractivity contribution in [3.8, 4) is 0 Å². The van der Waals surface area contributed by atoms with E-state index in [4.69, 9.17) is 4.43 Å². The van der Waals surface area contributed by atoms with Crippen LogP contribution in [0.3, 0.4) is 0 Å². The Bertz CT molecular complexity index is 482. The second-order valence-electron chi connectivity index (χ2n) is 8.08. The molecule has 0 amide bonds. The van der Waals surface area contributed by atoms with E-state index >= 15 is 0 Å². The molecule has 2 rings (SSSR count). The lowest BCUT2D eigenvalue weighted by Crippen LogP contribution is -2.47. The second kappa shape index (κ2) is 4.54. The third-order valence-corrected chi connectivity index (χ3v) is 13.4. The first kappa shape index (κ1) is 16.5. The van der Waals surface area contributed by atoms with Gasteiger partial charge in [0.15, 0.2) is 18.2 Å². The van der Waals surface area contributed by atoms with Gasteiger partial charge < -0.3 is 9.53 Å². The maximum absolute atomic E-state index is 12.8. The third kappa shape index (κ3) is 2.38. The van der Waals surface area contributed by atoms with Crippen molar-refractivity contribution in [2.75, 3.05) is 13.2 Å². The van der Waals surface area contributed by atoms with Crippen LogP contribution >= 0.6 is 0 Å². The van der Waals surface area contributed by atoms with Gasteiger partial charge in [0.25, 0.3) is 0 Å². The molecular formula is C14H28O4SSi. The first-order chi connectivity index (χ1) is 8.93. The third-order valence-electron chi connectivity index (χ3n) is 5.55. The Morgan fingerprint density at radius 1 is 1.10 bits per heavy atom. The molecule has 0 radical (unpaired) electrons. The van der Waals surface area contributed by atoms with E-state index in [1.807, 2.05) is 0 Å². The number of aliphatic hydroxyl groups is 1. The molecule has 0 aromatic rings. The van der Waals surface area contributed by atoms with Crippen molar-refractivity contribution >= 4 is 18.2 Å². The zero-order valence-corrected chi connectivity index (χ0v) is 15.1. The number of aliphatic hydroxyl groups excluding tert-OH is 1. The first-order valence-corrected chi connectivity index (χ1v) is 11.8. The van der Waals surface area contributed by atoms with Crippen molar-refractivity contribution in [1.82, 2.24) is 0 Å². The topological polar surface area (TPSA) is 63.6 Å². The van der Waals surface area contributed by atoms with Crippen LogP contribution < -0.4 is 0 Å². The van der Waals surface area contributed by atoms with Gasteiger partial charge in [-0.05, 0) is 43.8 Å². The molecular weight excluding hydrogens is 292 g/mol. The Kier molecular flexibility index (Phi) is 3.74. The summed E-state index contributed by atoms with van der Waals surface area (Å²) < 4.78 is 30.1. The highest BCUT2D eigenvalue weighted by Gasteiger charge is 2.67. The van der Waals surface area contributed by atoms with Crippen LogP contribution in [-0.2, 0) is 14.3 Å². The summed E-state index contributed by atoms with van der Waals surface area (Å²) in [6.07, 6.45) is 2.58. The summed E-state index contributed by atoms with van der Waals surface area (Å²) in [4.78, 5) is 0. The van der Waals surface area contributed by atoms with E-state index in [9.17, 15) is 13.5 Å². The van der Waals surface area contributed by atoms with Crippen LogP contribution in [0.15, 0.2) is 0 Å². The molecule has 0 unspecified atom stereocenters. The summed E-state index contributed by atoms with van der Waals surface area (Å²) >= 11 is 0. The minimum absolute atomic E-state index is 0.0844. The van der Waals surface area contributed by atoms with Crippen molar-refractivity contribution in [3.05, 3.63) is 0 Å². The van der Waals surface area contributed by atoms with Crippen LogP contribution in [0.5, 0.6) is 0 Å². The minimum atomic E-state index is -3.29. The van der Waals surface area contributed by atoms with E-state index in [0.29, 0.717) is 32.3 Å². The van der Waals surface area contributed by atoms with Gasteiger partial charge in [0, 0.05) is 0 Å². The van der Waals surface area contributed by atoms with Crippen molar-refractivity contribution in [1.29, 1.82) is 0 Å². The fourth-order valence-electron chi connectivity index (χ4n) is 2.27. The molecule has 0 bridgehead atoms. The van der Waals surface area contributed by atoms with Gasteiger partial charge in [-0.1, -0.05) is 20.8 Å². The summed E-state index contributed by atoms with van der Waals surface area (Å²) in [6, 6.07) is 0. The van der Waals surface area contributed by atoms with Gasteiger partial charge in [0.1, 0.15) is 0 Å². The Hall–Kier alpha value is 0.0869. The molecule has 6 heteroatoms. The fraction of sp³-hybridized carbons (Fsp3) is 1.00. The smallest absolute Gasteiger partial charge is 0.192 e. The predicted octanol–water partition coefficient (Wildman–Crippen LogP) is 2.48. The van der Waals surface area contributed by atoms with Gasteiger partial charge in [-0.2, -0.15) is 0 Å². The highest BCUT2D eigenvalue weighted by atomic mass is 32.2. The second-order valence-corrected chi connectivity index (χ2v) is 15.6. The summed E-state index contributed by atoms with van der Waals surface area (Å²) in [6.45, 7) is 10.8. The zero-order valence-electron chi connectivity index (χ0n) is 13.3. The van der Waals surface area contributed by atoms with E-state index < -0.39 is 27.6 Å². The van der Waals surface area contributed by atoms with Crippen molar-refractivity contribution in [2.45, 2.75) is 74.1 Å². The molecule has 0 heterocycles. The monoisotopic (exact) mass is 320 g/mol. The van der Waals surface area contributed by atoms with Crippen LogP contribution in [-0.4, -0.2) is 44.5 Å². The van der Waals surface area contributed by atoms with E-state index in [1.165, 1.54) is 0 Å². The lowest BCUT2D eigenvalue weighted by Gasteiger charge is -2.37. The molecule has 0 aromatic heterocycles. The number of hydrogen-bond donors (Lipinski definition) is 1. The van der Waals surface area contributed by atoms with Crippen LogP contribution in [0, 0.1) is 0 Å². The van der Waals surface area contributed by atoms with Crippen LogP contribution in [0.4, 0.5) is 0 Å². The van der Waals surface area contributed by atoms with E-state index in [1.54, 1.807) is 0 Å². The van der Waals surface area contributed by atoms with Gasteiger partial charge in [-0.15, -0.1) is 0 Å². The van der Waals surface area contributed by atoms with E-state index in [-0.39, 0.29) is 11.6 Å². The Balaban J connectivity index is 2.11. The Morgan fingerprint density at radius 2 is 1.55 bits per heavy atom. The molecule has 2 saturated carbocycles. The normalized spacial score (nSPS) is 24.5. The summed E-state index contributed by atoms with van der Waals surface area (Å²) in [7, 11) is -5.22. The lowest BCUT2D eigenvalue weighted by atomic mass is 10.2. The summed E-state index contributed by atoms with van der Waals surface area (Å²) in [5.74, 6) is 0. The van der Waals surface area contributed by atoms with Crippen molar-refractivity contribution in [2.24, 2.45) is 0 Å². The SMILES string of the molecule is CC(C)(C)[Si](C)(C)OCC1(S(=O)(=O)C2(CO)CC2)CC1. The molecule has 2 aliphatic carbocycles. The molecule has 0 atom stereocenters. The Morgan fingerprint density at radius 3 is 1.85 bits per heavy atom. The number of rotatable bonds is 6. The quantitative estimate of drug-likeness (QED) is 0.764. The summed E-state index contributed by atoms with van der Waals surface area (Å²) in [5.41, 5.74) is 0. The average molecular weight is 321 g/mol. The lowest BCUT2D eigenvalue weighted by molar-refractivity contribution is 0.267. The molecule has 0 spiro atoms. The molecule has 1 N–H and O–H groups in total. The van der Waals surface area contributed by atoms with Gasteiger partial charge in [-0.3, -0.25) is 0 Å². The van der Waals surface area contributed by atoms with Gasteiger partial charge in [-0.25, -0.2) is 8.42 Å². The summed E-state index contributed by atoms with van der Waals surface area (Å²) in [5, 5.41) is 9.51. The minimum Gasteiger partial charge on any atom is -0.415 e. The molecule has 0 aromatic carbocycles. The number of sulfone groups is 1. The predicted molar refractivity (Wildman–Crippen MR) is 83.1 cm³/mol. The fourth-order valence-corrected chi connectivity index (χ4v) is 6.03. The molecule has 0 saturated heterocycles. The first-order valence-electron chi connectivity index (χ1n) is 7.42. The molecule has 4 nitrogen and oxygen atoms in total. The average Bonchev–Trinajstić information content (AvgIpc) is 3.19. The molecule has 118 valence electrons. The highest BCUT2D eigenvalue weighted by Crippen LogP contribution is 2.56. The maximum atomic E-state index is 12.8. The van der Waals surface area contributed by atoms with E-state index in [2.05, 4.69) is 33.9 Å². The van der Waals surface area contributed by atoms with Crippen LogP contribution in [0.25, 0.3) is 0 Å². The van der Waals surface area contributed by atoms with E-state index in [0.717, 1.165) is 0 Å². The standard InChI is InChI=1S/C14H28O4SSi/c1-12(2,3)20(4,5)18-11-14(8-9-14)19(16,17)13(10-15)6-7-13/h15H,6-11H2,1-5H3. The molecule has 0 aliphatic heterocycles. The van der Waals surface area contributed by atoms with Crippen LogP contribution in [0.1, 0.15) is 46.5 Å². The van der Waals surface area contributed by atoms with Crippen LogP contribution in [0.2, 0.25) is 18.1 Å². The zero-order chi connectivity index (χ0) is 15.4. The molecule has 20 heavy (non-hydrogen) atoms. The van der Waals surface area contributed by atoms with Gasteiger partial charge in [0.2, 0.25) is 0 Å². The largest absolute Gasteiger partial charge is 0.415 e. The van der Waals surface area contributed by atoms with Crippen molar-refractivity contribution in [3.63, 3.8) is 0 Å². The number of hydrogen-bond acceptors (Lipinski definition) is 4. The van der Waals surface area contributed by atoms with Gasteiger partial charge in [0.05, 0.1) is 22.7 Å². The molecule has 2 aliphatic rings. The van der Waals surface area contributed by atoms with Gasteiger partial charge >= 0.3 is 0 Å². The molecule has 2 fully saturated rings. The highest BCUT2D eigenvalue weighted by molar-refractivity contribution is 7.94. The Labute approximate surface area is 124 Å².